The Hall–Kier alpha value is -2.87. The molecule has 22 heavy (non-hydrogen) atoms. The molecule has 1 amide bonds. The highest BCUT2D eigenvalue weighted by molar-refractivity contribution is 7.80. The fourth-order valence-corrected chi connectivity index (χ4v) is 1.95. The average Bonchev–Trinajstić information content (AvgIpc) is 2.47. The molecule has 7 nitrogen and oxygen atoms in total. The van der Waals surface area contributed by atoms with Gasteiger partial charge in [0.25, 0.3) is 11.6 Å². The number of hydrogen-bond acceptors (Lipinski definition) is 5. The summed E-state index contributed by atoms with van der Waals surface area (Å²) in [7, 11) is 0. The molecule has 0 spiro atoms. The molecule has 112 valence electrons. The van der Waals surface area contributed by atoms with Gasteiger partial charge in [0.2, 0.25) is 0 Å². The van der Waals surface area contributed by atoms with E-state index >= 15 is 0 Å². The van der Waals surface area contributed by atoms with Gasteiger partial charge in [0.1, 0.15) is 11.4 Å². The normalized spacial score (nSPS) is 9.86. The van der Waals surface area contributed by atoms with Crippen LogP contribution in [0.4, 0.5) is 11.5 Å². The van der Waals surface area contributed by atoms with Crippen molar-refractivity contribution in [3.05, 3.63) is 63.8 Å². The van der Waals surface area contributed by atoms with Crippen LogP contribution in [0, 0.1) is 17.0 Å². The fraction of sp³-hybridized carbons (Fsp3) is 0.0714. The number of nitro groups is 1. The Bertz CT molecular complexity index is 748. The molecule has 0 atom stereocenters. The summed E-state index contributed by atoms with van der Waals surface area (Å²) < 4.78 is 0. The van der Waals surface area contributed by atoms with Gasteiger partial charge in [-0.25, -0.2) is 4.98 Å². The number of nitrogens with one attached hydrogen (secondary N) is 2. The lowest BCUT2D eigenvalue weighted by Crippen LogP contribution is -2.34. The minimum Gasteiger partial charge on any atom is -0.317 e. The van der Waals surface area contributed by atoms with E-state index in [0.717, 1.165) is 5.69 Å². The topological polar surface area (TPSA) is 97.2 Å². The highest BCUT2D eigenvalue weighted by Gasteiger charge is 2.19. The predicted molar refractivity (Wildman–Crippen MR) is 85.8 cm³/mol. The van der Waals surface area contributed by atoms with E-state index in [-0.39, 0.29) is 16.4 Å². The lowest BCUT2D eigenvalue weighted by Gasteiger charge is -2.09. The lowest BCUT2D eigenvalue weighted by molar-refractivity contribution is -0.385. The van der Waals surface area contributed by atoms with Gasteiger partial charge in [-0.1, -0.05) is 18.2 Å². The van der Waals surface area contributed by atoms with Crippen molar-refractivity contribution in [2.75, 3.05) is 5.32 Å². The van der Waals surface area contributed by atoms with E-state index in [1.807, 2.05) is 13.0 Å². The Balaban J connectivity index is 2.09. The molecule has 0 fully saturated rings. The molecule has 0 radical (unpaired) electrons. The van der Waals surface area contributed by atoms with Crippen LogP contribution in [0.15, 0.2) is 42.5 Å². The number of pyridine rings is 1. The maximum absolute atomic E-state index is 12.1. The third kappa shape index (κ3) is 3.83. The summed E-state index contributed by atoms with van der Waals surface area (Å²) in [5.41, 5.74) is 0.447. The zero-order chi connectivity index (χ0) is 16.1. The van der Waals surface area contributed by atoms with Crippen molar-refractivity contribution in [1.82, 2.24) is 10.3 Å². The summed E-state index contributed by atoms with van der Waals surface area (Å²) in [6, 6.07) is 10.9. The Morgan fingerprint density at radius 1 is 1.23 bits per heavy atom. The number of para-hydroxylation sites is 1. The summed E-state index contributed by atoms with van der Waals surface area (Å²) in [6.45, 7) is 1.82. The van der Waals surface area contributed by atoms with Crippen molar-refractivity contribution in [2.24, 2.45) is 0 Å². The summed E-state index contributed by atoms with van der Waals surface area (Å²) in [5, 5.41) is 16.1. The number of carbonyl (C=O) groups excluding carboxylic acids is 1. The number of benzene rings is 1. The number of aryl methyl sites for hydroxylation is 1. The molecular weight excluding hydrogens is 304 g/mol. The van der Waals surface area contributed by atoms with E-state index < -0.39 is 10.8 Å². The number of hydrogen-bond donors (Lipinski definition) is 2. The Morgan fingerprint density at radius 2 is 1.95 bits per heavy atom. The average molecular weight is 316 g/mol. The molecule has 0 saturated heterocycles. The Labute approximate surface area is 131 Å². The van der Waals surface area contributed by atoms with Gasteiger partial charge < -0.3 is 5.32 Å². The van der Waals surface area contributed by atoms with Crippen molar-refractivity contribution in [3.8, 4) is 0 Å². The maximum Gasteiger partial charge on any atom is 0.282 e. The van der Waals surface area contributed by atoms with Crippen LogP contribution in [-0.2, 0) is 0 Å². The van der Waals surface area contributed by atoms with Crippen molar-refractivity contribution in [3.63, 3.8) is 0 Å². The van der Waals surface area contributed by atoms with Gasteiger partial charge >= 0.3 is 0 Å². The quantitative estimate of drug-likeness (QED) is 0.513. The van der Waals surface area contributed by atoms with Gasteiger partial charge in [0.05, 0.1) is 4.92 Å². The third-order valence-corrected chi connectivity index (χ3v) is 2.91. The number of anilines is 1. The van der Waals surface area contributed by atoms with Crippen LogP contribution < -0.4 is 10.6 Å². The van der Waals surface area contributed by atoms with Crippen LogP contribution in [0.1, 0.15) is 16.1 Å². The molecule has 1 aromatic carbocycles. The van der Waals surface area contributed by atoms with Crippen molar-refractivity contribution >= 4 is 34.7 Å². The standard InChI is InChI=1S/C14H12N4O3S/c1-9-5-4-8-12(15-9)16-14(22)17-13(19)10-6-2-3-7-11(10)18(20)21/h2-8H,1H3,(H2,15,16,17,19,22). The summed E-state index contributed by atoms with van der Waals surface area (Å²) in [6.07, 6.45) is 0. The predicted octanol–water partition coefficient (Wildman–Crippen LogP) is 2.43. The summed E-state index contributed by atoms with van der Waals surface area (Å²) >= 11 is 5.01. The van der Waals surface area contributed by atoms with Gasteiger partial charge in [-0.05, 0) is 37.3 Å². The second-order valence-corrected chi connectivity index (χ2v) is 4.75. The van der Waals surface area contributed by atoms with Gasteiger partial charge in [-0.2, -0.15) is 0 Å². The minimum atomic E-state index is -0.655. The smallest absolute Gasteiger partial charge is 0.282 e. The van der Waals surface area contributed by atoms with Gasteiger partial charge in [0, 0.05) is 11.8 Å². The van der Waals surface area contributed by atoms with Gasteiger partial charge in [0.15, 0.2) is 5.11 Å². The molecule has 1 heterocycles. The number of thiocarbonyl (C=S) groups is 1. The van der Waals surface area contributed by atoms with E-state index in [4.69, 9.17) is 12.2 Å². The number of nitro benzene ring substituents is 1. The Morgan fingerprint density at radius 3 is 2.64 bits per heavy atom. The monoisotopic (exact) mass is 316 g/mol. The highest BCUT2D eigenvalue weighted by atomic mass is 32.1. The van der Waals surface area contributed by atoms with Gasteiger partial charge in [-0.3, -0.25) is 20.2 Å². The molecule has 0 saturated carbocycles. The van der Waals surface area contributed by atoms with E-state index in [9.17, 15) is 14.9 Å². The molecule has 0 bridgehead atoms. The van der Waals surface area contributed by atoms with Crippen molar-refractivity contribution in [1.29, 1.82) is 0 Å². The molecule has 2 N–H and O–H groups in total. The summed E-state index contributed by atoms with van der Waals surface area (Å²) in [4.78, 5) is 26.5. The number of rotatable bonds is 3. The largest absolute Gasteiger partial charge is 0.317 e. The first-order valence-electron chi connectivity index (χ1n) is 6.27. The first-order chi connectivity index (χ1) is 10.5. The van der Waals surface area contributed by atoms with Crippen LogP contribution in [0.3, 0.4) is 0 Å². The first-order valence-corrected chi connectivity index (χ1v) is 6.67. The molecule has 0 aliphatic heterocycles. The Kier molecular flexibility index (Phi) is 4.74. The number of nitrogens with zero attached hydrogens (tertiary/aromatic N) is 2. The second-order valence-electron chi connectivity index (χ2n) is 4.35. The number of carbonyl (C=O) groups is 1. The van der Waals surface area contributed by atoms with Crippen LogP contribution in [0.25, 0.3) is 0 Å². The summed E-state index contributed by atoms with van der Waals surface area (Å²) in [5.74, 6) is -0.176. The van der Waals surface area contributed by atoms with Gasteiger partial charge in [-0.15, -0.1) is 0 Å². The number of amides is 1. The maximum atomic E-state index is 12.1. The van der Waals surface area contributed by atoms with Crippen LogP contribution in [0.2, 0.25) is 0 Å². The highest BCUT2D eigenvalue weighted by Crippen LogP contribution is 2.17. The zero-order valence-electron chi connectivity index (χ0n) is 11.6. The second kappa shape index (κ2) is 6.72. The molecule has 0 unspecified atom stereocenters. The molecule has 0 aliphatic carbocycles. The number of aromatic nitrogens is 1. The third-order valence-electron chi connectivity index (χ3n) is 2.70. The first kappa shape index (κ1) is 15.5. The molecule has 1 aromatic heterocycles. The van der Waals surface area contributed by atoms with Crippen LogP contribution in [-0.4, -0.2) is 20.9 Å². The lowest BCUT2D eigenvalue weighted by atomic mass is 10.1. The molecule has 8 heteroatoms. The fourth-order valence-electron chi connectivity index (χ4n) is 1.76. The molecular formula is C14H12N4O3S. The molecule has 2 rings (SSSR count). The van der Waals surface area contributed by atoms with Crippen molar-refractivity contribution < 1.29 is 9.72 Å². The van der Waals surface area contributed by atoms with Crippen LogP contribution >= 0.6 is 12.2 Å². The van der Waals surface area contributed by atoms with Crippen LogP contribution in [0.5, 0.6) is 0 Å². The van der Waals surface area contributed by atoms with E-state index in [0.29, 0.717) is 5.82 Å². The van der Waals surface area contributed by atoms with Crippen molar-refractivity contribution in [2.45, 2.75) is 6.92 Å². The minimum absolute atomic E-state index is 0.0150. The molecule has 0 aliphatic rings. The SMILES string of the molecule is Cc1cccc(NC(=S)NC(=O)c2ccccc2[N+](=O)[O-])n1. The zero-order valence-corrected chi connectivity index (χ0v) is 12.4. The molecule has 2 aromatic rings. The van der Waals surface area contributed by atoms with E-state index in [2.05, 4.69) is 15.6 Å². The van der Waals surface area contributed by atoms with E-state index in [1.165, 1.54) is 18.2 Å². The van der Waals surface area contributed by atoms with E-state index in [1.54, 1.807) is 18.2 Å².